The van der Waals surface area contributed by atoms with E-state index < -0.39 is 0 Å². The van der Waals surface area contributed by atoms with Crippen LogP contribution in [0.15, 0.2) is 42.5 Å². The number of hydrogen-bond donors (Lipinski definition) is 1. The van der Waals surface area contributed by atoms with Gasteiger partial charge in [0, 0.05) is 11.5 Å². The molecule has 1 atom stereocenters. The third-order valence-corrected chi connectivity index (χ3v) is 3.86. The van der Waals surface area contributed by atoms with Crippen molar-refractivity contribution in [3.05, 3.63) is 64.7 Å². The van der Waals surface area contributed by atoms with Crippen molar-refractivity contribution < 1.29 is 5.11 Å². The van der Waals surface area contributed by atoms with Crippen molar-refractivity contribution in [3.8, 4) is 5.75 Å². The lowest BCUT2D eigenvalue weighted by molar-refractivity contribution is 0.438. The first kappa shape index (κ1) is 14.6. The van der Waals surface area contributed by atoms with E-state index in [2.05, 4.69) is 58.9 Å². The van der Waals surface area contributed by atoms with Crippen molar-refractivity contribution in [2.24, 2.45) is 0 Å². The molecule has 1 heteroatoms. The van der Waals surface area contributed by atoms with Crippen molar-refractivity contribution in [2.75, 3.05) is 0 Å². The van der Waals surface area contributed by atoms with Crippen molar-refractivity contribution in [1.82, 2.24) is 0 Å². The third kappa shape index (κ3) is 2.87. The van der Waals surface area contributed by atoms with Gasteiger partial charge in [-0.25, -0.2) is 0 Å². The van der Waals surface area contributed by atoms with Gasteiger partial charge in [-0.05, 0) is 23.5 Å². The van der Waals surface area contributed by atoms with Crippen molar-refractivity contribution >= 4 is 0 Å². The van der Waals surface area contributed by atoms with Crippen LogP contribution in [0.5, 0.6) is 5.75 Å². The van der Waals surface area contributed by atoms with E-state index in [9.17, 15) is 5.11 Å². The molecule has 1 unspecified atom stereocenters. The van der Waals surface area contributed by atoms with Gasteiger partial charge in [-0.15, -0.1) is 0 Å². The summed E-state index contributed by atoms with van der Waals surface area (Å²) in [5, 5.41) is 10.7. The number of hydrogen-bond acceptors (Lipinski definition) is 1. The Kier molecular flexibility index (Phi) is 3.89. The highest BCUT2D eigenvalue weighted by atomic mass is 16.3. The Bertz CT molecular complexity index is 591. The zero-order valence-electron chi connectivity index (χ0n) is 13.1. The maximum Gasteiger partial charge on any atom is 0.123 e. The Balaban J connectivity index is 2.55. The molecule has 0 heterocycles. The molecule has 1 N–H and O–H groups in total. The molecule has 0 radical (unpaired) electrons. The number of aromatic hydroxyl groups is 1. The summed E-state index contributed by atoms with van der Waals surface area (Å²) in [5.41, 5.74) is 4.41. The van der Waals surface area contributed by atoms with Gasteiger partial charge in [-0.2, -0.15) is 0 Å². The molecule has 0 aromatic heterocycles. The molecule has 0 aliphatic carbocycles. The summed E-state index contributed by atoms with van der Waals surface area (Å²) in [5.74, 6) is 0.636. The minimum absolute atomic E-state index is 0.0543. The molecule has 0 amide bonds. The summed E-state index contributed by atoms with van der Waals surface area (Å²) >= 11 is 0. The molecule has 0 bridgehead atoms. The van der Waals surface area contributed by atoms with Crippen LogP contribution in [0.2, 0.25) is 0 Å². The van der Waals surface area contributed by atoms with E-state index >= 15 is 0 Å². The average molecular weight is 268 g/mol. The summed E-state index contributed by atoms with van der Waals surface area (Å²) in [7, 11) is 0. The predicted molar refractivity (Wildman–Crippen MR) is 85.5 cm³/mol. The number of rotatable bonds is 2. The monoisotopic (exact) mass is 268 g/mol. The Labute approximate surface area is 122 Å². The standard InChI is InChI=1S/C19H24O/c1-13-11-16(14(2)15-9-7-6-8-10-15)18(20)17(12-13)19(3,4)5/h6-12,14,20H,1-5H3. The van der Waals surface area contributed by atoms with Gasteiger partial charge in [0.15, 0.2) is 0 Å². The van der Waals surface area contributed by atoms with Crippen LogP contribution in [0.25, 0.3) is 0 Å². The first-order valence-corrected chi connectivity index (χ1v) is 7.19. The first-order chi connectivity index (χ1) is 9.30. The van der Waals surface area contributed by atoms with Crippen LogP contribution in [0, 0.1) is 6.92 Å². The molecule has 106 valence electrons. The molecule has 2 aromatic carbocycles. The molecule has 0 aliphatic heterocycles. The van der Waals surface area contributed by atoms with Crippen LogP contribution in [-0.4, -0.2) is 5.11 Å². The Morgan fingerprint density at radius 3 is 2.15 bits per heavy atom. The molecule has 0 aliphatic rings. The van der Waals surface area contributed by atoms with E-state index in [1.54, 1.807) is 0 Å². The van der Waals surface area contributed by atoms with Crippen molar-refractivity contribution in [2.45, 2.75) is 46.0 Å². The second kappa shape index (κ2) is 5.32. The fourth-order valence-corrected chi connectivity index (χ4v) is 2.63. The van der Waals surface area contributed by atoms with E-state index in [1.165, 1.54) is 11.1 Å². The number of phenolic OH excluding ortho intramolecular Hbond substituents is 1. The summed E-state index contributed by atoms with van der Waals surface area (Å²) in [6.45, 7) is 10.7. The molecule has 0 spiro atoms. The SMILES string of the molecule is Cc1cc(C(C)c2ccccc2)c(O)c(C(C)(C)C)c1. The van der Waals surface area contributed by atoms with E-state index in [0.29, 0.717) is 5.75 Å². The molecule has 0 saturated carbocycles. The zero-order chi connectivity index (χ0) is 14.9. The summed E-state index contributed by atoms with van der Waals surface area (Å²) in [4.78, 5) is 0. The number of phenols is 1. The van der Waals surface area contributed by atoms with Crippen LogP contribution < -0.4 is 0 Å². The molecular weight excluding hydrogens is 244 g/mol. The van der Waals surface area contributed by atoms with E-state index in [4.69, 9.17) is 0 Å². The summed E-state index contributed by atoms with van der Waals surface area (Å²) in [6.07, 6.45) is 0. The second-order valence-corrected chi connectivity index (χ2v) is 6.63. The molecule has 20 heavy (non-hydrogen) atoms. The van der Waals surface area contributed by atoms with Gasteiger partial charge in [0.25, 0.3) is 0 Å². The lowest BCUT2D eigenvalue weighted by Gasteiger charge is -2.25. The number of aryl methyl sites for hydroxylation is 1. The summed E-state index contributed by atoms with van der Waals surface area (Å²) < 4.78 is 0. The smallest absolute Gasteiger partial charge is 0.123 e. The predicted octanol–water partition coefficient (Wildman–Crippen LogP) is 5.15. The van der Waals surface area contributed by atoms with Crippen LogP contribution in [-0.2, 0) is 5.41 Å². The van der Waals surface area contributed by atoms with Gasteiger partial charge >= 0.3 is 0 Å². The minimum Gasteiger partial charge on any atom is -0.507 e. The van der Waals surface area contributed by atoms with Crippen molar-refractivity contribution in [3.63, 3.8) is 0 Å². The lowest BCUT2D eigenvalue weighted by atomic mass is 9.81. The highest BCUT2D eigenvalue weighted by Gasteiger charge is 2.23. The molecular formula is C19H24O. The van der Waals surface area contributed by atoms with E-state index in [-0.39, 0.29) is 11.3 Å². The molecule has 1 nitrogen and oxygen atoms in total. The highest BCUT2D eigenvalue weighted by molar-refractivity contribution is 5.50. The molecule has 0 fully saturated rings. The fraction of sp³-hybridized carbons (Fsp3) is 0.368. The van der Waals surface area contributed by atoms with Gasteiger partial charge in [0.2, 0.25) is 0 Å². The van der Waals surface area contributed by atoms with Crippen LogP contribution >= 0.6 is 0 Å². The minimum atomic E-state index is -0.0543. The maximum atomic E-state index is 10.7. The van der Waals surface area contributed by atoms with E-state index in [0.717, 1.165) is 11.1 Å². The van der Waals surface area contributed by atoms with Gasteiger partial charge in [0.1, 0.15) is 5.75 Å². The quantitative estimate of drug-likeness (QED) is 0.798. The first-order valence-electron chi connectivity index (χ1n) is 7.19. The Morgan fingerprint density at radius 2 is 1.60 bits per heavy atom. The molecule has 0 saturated heterocycles. The number of benzene rings is 2. The van der Waals surface area contributed by atoms with Crippen molar-refractivity contribution in [1.29, 1.82) is 0 Å². The van der Waals surface area contributed by atoms with Crippen LogP contribution in [0.1, 0.15) is 55.9 Å². The normalized spacial score (nSPS) is 13.2. The Morgan fingerprint density at radius 1 is 1.00 bits per heavy atom. The molecule has 2 aromatic rings. The third-order valence-electron chi connectivity index (χ3n) is 3.86. The fourth-order valence-electron chi connectivity index (χ4n) is 2.63. The maximum absolute atomic E-state index is 10.7. The second-order valence-electron chi connectivity index (χ2n) is 6.63. The largest absolute Gasteiger partial charge is 0.507 e. The van der Waals surface area contributed by atoms with Crippen LogP contribution in [0.4, 0.5) is 0 Å². The zero-order valence-corrected chi connectivity index (χ0v) is 13.1. The average Bonchev–Trinajstić information content (AvgIpc) is 2.40. The van der Waals surface area contributed by atoms with Crippen LogP contribution in [0.3, 0.4) is 0 Å². The molecule has 2 rings (SSSR count). The summed E-state index contributed by atoms with van der Waals surface area (Å²) in [6, 6.07) is 14.5. The van der Waals surface area contributed by atoms with Gasteiger partial charge in [0.05, 0.1) is 0 Å². The topological polar surface area (TPSA) is 20.2 Å². The van der Waals surface area contributed by atoms with Gasteiger partial charge in [-0.1, -0.05) is 75.7 Å². The van der Waals surface area contributed by atoms with Gasteiger partial charge < -0.3 is 5.11 Å². The lowest BCUT2D eigenvalue weighted by Crippen LogP contribution is -2.13. The van der Waals surface area contributed by atoms with E-state index in [1.807, 2.05) is 18.2 Å². The highest BCUT2D eigenvalue weighted by Crippen LogP contribution is 2.39. The van der Waals surface area contributed by atoms with Gasteiger partial charge in [-0.3, -0.25) is 0 Å². The Hall–Kier alpha value is -1.76.